The van der Waals surface area contributed by atoms with Crippen molar-refractivity contribution in [3.8, 4) is 0 Å². The summed E-state index contributed by atoms with van der Waals surface area (Å²) in [6, 6.07) is 19.3. The lowest BCUT2D eigenvalue weighted by molar-refractivity contribution is -0.137. The number of rotatable bonds is 4. The molecule has 3 aromatic carbocycles. The zero-order valence-corrected chi connectivity index (χ0v) is 19.8. The van der Waals surface area contributed by atoms with E-state index >= 15 is 0 Å². The van der Waals surface area contributed by atoms with Crippen molar-refractivity contribution in [1.82, 2.24) is 9.47 Å². The van der Waals surface area contributed by atoms with Crippen LogP contribution in [-0.2, 0) is 12.7 Å². The van der Waals surface area contributed by atoms with Crippen molar-refractivity contribution in [2.75, 3.05) is 13.1 Å². The topological polar surface area (TPSA) is 25.2 Å². The first kappa shape index (κ1) is 23.2. The van der Waals surface area contributed by atoms with Gasteiger partial charge in [0.05, 0.1) is 5.56 Å². The van der Waals surface area contributed by atoms with E-state index in [1.165, 1.54) is 17.7 Å². The highest BCUT2D eigenvalue weighted by atomic mass is 19.4. The SMILES string of the molecule is Cc1cccc(C(=O)N2CCC(c3cn(Cc4ccc(C(F)(F)F)cc4)c4ccccc34)C2)c1C. The van der Waals surface area contributed by atoms with Crippen LogP contribution in [0.5, 0.6) is 0 Å². The summed E-state index contributed by atoms with van der Waals surface area (Å²) in [5.74, 6) is 0.282. The molecule has 0 saturated carbocycles. The second kappa shape index (κ2) is 8.91. The molecular weight excluding hydrogens is 449 g/mol. The smallest absolute Gasteiger partial charge is 0.343 e. The number of carbonyl (C=O) groups excluding carboxylic acids is 1. The minimum absolute atomic E-state index is 0.0715. The van der Waals surface area contributed by atoms with E-state index in [2.05, 4.69) is 16.8 Å². The molecule has 0 bridgehead atoms. The predicted octanol–water partition coefficient (Wildman–Crippen LogP) is 6.95. The fraction of sp³-hybridized carbons (Fsp3) is 0.276. The van der Waals surface area contributed by atoms with Crippen molar-refractivity contribution in [2.24, 2.45) is 0 Å². The summed E-state index contributed by atoms with van der Waals surface area (Å²) in [7, 11) is 0. The van der Waals surface area contributed by atoms with Crippen LogP contribution in [0.15, 0.2) is 72.9 Å². The van der Waals surface area contributed by atoms with E-state index in [9.17, 15) is 18.0 Å². The van der Waals surface area contributed by atoms with Crippen LogP contribution in [0, 0.1) is 13.8 Å². The average molecular weight is 477 g/mol. The van der Waals surface area contributed by atoms with Gasteiger partial charge in [-0.2, -0.15) is 13.2 Å². The maximum atomic E-state index is 13.2. The molecule has 180 valence electrons. The fourth-order valence-electron chi connectivity index (χ4n) is 5.08. The van der Waals surface area contributed by atoms with Crippen LogP contribution in [-0.4, -0.2) is 28.5 Å². The first-order chi connectivity index (χ1) is 16.7. The molecule has 1 amide bonds. The molecule has 3 nitrogen and oxygen atoms in total. The van der Waals surface area contributed by atoms with Gasteiger partial charge in [-0.1, -0.05) is 42.5 Å². The van der Waals surface area contributed by atoms with Gasteiger partial charge in [-0.05, 0) is 66.8 Å². The van der Waals surface area contributed by atoms with E-state index in [1.807, 2.05) is 55.1 Å². The minimum Gasteiger partial charge on any atom is -0.343 e. The van der Waals surface area contributed by atoms with Gasteiger partial charge in [0.15, 0.2) is 0 Å². The van der Waals surface area contributed by atoms with Gasteiger partial charge in [0.2, 0.25) is 0 Å². The number of nitrogens with zero attached hydrogens (tertiary/aromatic N) is 2. The van der Waals surface area contributed by atoms with Crippen molar-refractivity contribution >= 4 is 16.8 Å². The third kappa shape index (κ3) is 4.45. The zero-order valence-electron chi connectivity index (χ0n) is 19.8. The number of aromatic nitrogens is 1. The molecule has 1 saturated heterocycles. The van der Waals surface area contributed by atoms with Gasteiger partial charge >= 0.3 is 6.18 Å². The van der Waals surface area contributed by atoms with Gasteiger partial charge in [0, 0.05) is 48.2 Å². The molecule has 2 heterocycles. The quantitative estimate of drug-likeness (QED) is 0.313. The Morgan fingerprint density at radius 3 is 2.46 bits per heavy atom. The number of likely N-dealkylation sites (tertiary alicyclic amines) is 1. The highest BCUT2D eigenvalue weighted by Crippen LogP contribution is 2.35. The highest BCUT2D eigenvalue weighted by molar-refractivity contribution is 5.96. The Kier molecular flexibility index (Phi) is 5.91. The van der Waals surface area contributed by atoms with E-state index in [4.69, 9.17) is 0 Å². The number of fused-ring (bicyclic) bond motifs is 1. The first-order valence-corrected chi connectivity index (χ1v) is 11.8. The zero-order chi connectivity index (χ0) is 24.7. The lowest BCUT2D eigenvalue weighted by Gasteiger charge is -2.18. The normalized spacial score (nSPS) is 16.3. The molecule has 0 N–H and O–H groups in total. The molecule has 5 rings (SSSR count). The molecule has 6 heteroatoms. The summed E-state index contributed by atoms with van der Waals surface area (Å²) in [5, 5.41) is 1.13. The van der Waals surface area contributed by atoms with Gasteiger partial charge in [0.1, 0.15) is 0 Å². The Hall–Kier alpha value is -3.54. The van der Waals surface area contributed by atoms with Gasteiger partial charge in [-0.25, -0.2) is 0 Å². The number of aryl methyl sites for hydroxylation is 1. The number of amides is 1. The van der Waals surface area contributed by atoms with Crippen LogP contribution in [0.4, 0.5) is 13.2 Å². The molecule has 1 unspecified atom stereocenters. The standard InChI is InChI=1S/C29H27F3N2O/c1-19-6-5-8-24(20(19)2)28(35)33-15-14-22(17-33)26-18-34(27-9-4-3-7-25(26)27)16-21-10-12-23(13-11-21)29(30,31)32/h3-13,18,22H,14-17H2,1-2H3. The van der Waals surface area contributed by atoms with E-state index < -0.39 is 11.7 Å². The van der Waals surface area contributed by atoms with Gasteiger partial charge in [0.25, 0.3) is 5.91 Å². The molecule has 0 radical (unpaired) electrons. The third-order valence-electron chi connectivity index (χ3n) is 7.20. The second-order valence-electron chi connectivity index (χ2n) is 9.41. The van der Waals surface area contributed by atoms with E-state index in [-0.39, 0.29) is 11.8 Å². The summed E-state index contributed by atoms with van der Waals surface area (Å²) >= 11 is 0. The number of halogens is 3. The summed E-state index contributed by atoms with van der Waals surface area (Å²) in [5.41, 5.74) is 5.29. The van der Waals surface area contributed by atoms with Crippen LogP contribution in [0.1, 0.15) is 50.5 Å². The Labute approximate surface area is 202 Å². The lowest BCUT2D eigenvalue weighted by Crippen LogP contribution is -2.29. The number of alkyl halides is 3. The van der Waals surface area contributed by atoms with Crippen molar-refractivity contribution in [1.29, 1.82) is 0 Å². The lowest BCUT2D eigenvalue weighted by atomic mass is 9.98. The van der Waals surface area contributed by atoms with E-state index in [1.54, 1.807) is 0 Å². The maximum Gasteiger partial charge on any atom is 0.416 e. The van der Waals surface area contributed by atoms with Crippen molar-refractivity contribution in [3.63, 3.8) is 0 Å². The van der Waals surface area contributed by atoms with Crippen LogP contribution >= 0.6 is 0 Å². The monoisotopic (exact) mass is 476 g/mol. The average Bonchev–Trinajstić information content (AvgIpc) is 3.46. The Balaban J connectivity index is 1.40. The fourth-order valence-corrected chi connectivity index (χ4v) is 5.08. The molecule has 1 aliphatic heterocycles. The number of benzene rings is 3. The number of hydrogen-bond donors (Lipinski definition) is 0. The maximum absolute atomic E-state index is 13.2. The molecule has 1 aliphatic rings. The van der Waals surface area contributed by atoms with Gasteiger partial charge in [-0.15, -0.1) is 0 Å². The molecule has 0 aliphatic carbocycles. The molecule has 1 fully saturated rings. The Morgan fingerprint density at radius 1 is 0.971 bits per heavy atom. The highest BCUT2D eigenvalue weighted by Gasteiger charge is 2.31. The Morgan fingerprint density at radius 2 is 1.71 bits per heavy atom. The van der Waals surface area contributed by atoms with Crippen molar-refractivity contribution < 1.29 is 18.0 Å². The van der Waals surface area contributed by atoms with E-state index in [0.29, 0.717) is 19.6 Å². The third-order valence-corrected chi connectivity index (χ3v) is 7.20. The van der Waals surface area contributed by atoms with Crippen LogP contribution in [0.3, 0.4) is 0 Å². The van der Waals surface area contributed by atoms with Crippen LogP contribution in [0.2, 0.25) is 0 Å². The van der Waals surface area contributed by atoms with Gasteiger partial charge in [-0.3, -0.25) is 4.79 Å². The summed E-state index contributed by atoms with van der Waals surface area (Å²) in [6.45, 7) is 5.85. The number of carbonyl (C=O) groups is 1. The summed E-state index contributed by atoms with van der Waals surface area (Å²) in [6.07, 6.45) is -1.35. The molecule has 35 heavy (non-hydrogen) atoms. The largest absolute Gasteiger partial charge is 0.416 e. The number of para-hydroxylation sites is 1. The summed E-state index contributed by atoms with van der Waals surface area (Å²) in [4.78, 5) is 15.2. The van der Waals surface area contributed by atoms with Crippen LogP contribution < -0.4 is 0 Å². The van der Waals surface area contributed by atoms with Crippen molar-refractivity contribution in [2.45, 2.75) is 38.9 Å². The number of hydrogen-bond acceptors (Lipinski definition) is 1. The van der Waals surface area contributed by atoms with Crippen molar-refractivity contribution in [3.05, 3.63) is 106 Å². The predicted molar refractivity (Wildman–Crippen MR) is 132 cm³/mol. The van der Waals surface area contributed by atoms with Crippen LogP contribution in [0.25, 0.3) is 10.9 Å². The molecule has 4 aromatic rings. The minimum atomic E-state index is -4.34. The van der Waals surface area contributed by atoms with E-state index in [0.717, 1.165) is 51.7 Å². The molecule has 1 atom stereocenters. The first-order valence-electron chi connectivity index (χ1n) is 11.8. The Bertz CT molecular complexity index is 1390. The molecular formula is C29H27F3N2O. The summed E-state index contributed by atoms with van der Waals surface area (Å²) < 4.78 is 40.9. The van der Waals surface area contributed by atoms with Gasteiger partial charge < -0.3 is 9.47 Å². The second-order valence-corrected chi connectivity index (χ2v) is 9.41. The molecule has 0 spiro atoms. The molecule has 1 aromatic heterocycles.